The first kappa shape index (κ1) is 13.1. The lowest BCUT2D eigenvalue weighted by Gasteiger charge is -2.12. The first-order valence-corrected chi connectivity index (χ1v) is 6.36. The molecule has 0 aromatic heterocycles. The Morgan fingerprint density at radius 3 is 2.67 bits per heavy atom. The van der Waals surface area contributed by atoms with E-state index < -0.39 is 0 Å². The highest BCUT2D eigenvalue weighted by Crippen LogP contribution is 2.32. The van der Waals surface area contributed by atoms with Crippen LogP contribution >= 0.6 is 15.9 Å². The van der Waals surface area contributed by atoms with Crippen LogP contribution in [0.4, 0.5) is 4.39 Å². The van der Waals surface area contributed by atoms with Gasteiger partial charge in [0.05, 0.1) is 4.47 Å². The molecule has 0 bridgehead atoms. The number of benzene rings is 2. The molecule has 2 nitrogen and oxygen atoms in total. The van der Waals surface area contributed by atoms with E-state index in [0.717, 1.165) is 10.0 Å². The molecule has 4 heteroatoms. The lowest BCUT2D eigenvalue weighted by molar-refractivity contribution is 0.432. The molecular weight excluding hydrogens is 297 g/mol. The topological polar surface area (TPSA) is 21.3 Å². The fourth-order valence-corrected chi connectivity index (χ4v) is 2.00. The number of nitrogens with one attached hydrogen (secondary N) is 1. The molecule has 94 valence electrons. The van der Waals surface area contributed by atoms with E-state index >= 15 is 0 Å². The molecule has 0 amide bonds. The van der Waals surface area contributed by atoms with Crippen molar-refractivity contribution in [2.24, 2.45) is 0 Å². The molecule has 0 aliphatic rings. The molecule has 2 aromatic carbocycles. The van der Waals surface area contributed by atoms with Gasteiger partial charge in [-0.05, 0) is 41.2 Å². The highest BCUT2D eigenvalue weighted by Gasteiger charge is 2.11. The molecule has 0 radical (unpaired) electrons. The third-order valence-electron chi connectivity index (χ3n) is 2.46. The van der Waals surface area contributed by atoms with E-state index in [-0.39, 0.29) is 11.6 Å². The normalized spacial score (nSPS) is 10.4. The molecule has 1 N–H and O–H groups in total. The van der Waals surface area contributed by atoms with Crippen LogP contribution in [-0.4, -0.2) is 7.05 Å². The number of para-hydroxylation sites is 2. The van der Waals surface area contributed by atoms with Crippen LogP contribution in [0.2, 0.25) is 0 Å². The summed E-state index contributed by atoms with van der Waals surface area (Å²) in [5.74, 6) is 0.497. The van der Waals surface area contributed by atoms with Crippen molar-refractivity contribution >= 4 is 15.9 Å². The molecule has 2 rings (SSSR count). The summed E-state index contributed by atoms with van der Waals surface area (Å²) in [5, 5.41) is 2.99. The van der Waals surface area contributed by atoms with Crippen molar-refractivity contribution in [3.8, 4) is 11.5 Å². The van der Waals surface area contributed by atoms with Crippen molar-refractivity contribution in [2.45, 2.75) is 6.54 Å². The molecule has 0 aliphatic carbocycles. The first-order valence-electron chi connectivity index (χ1n) is 5.56. The number of hydrogen-bond donors (Lipinski definition) is 1. The molecule has 18 heavy (non-hydrogen) atoms. The van der Waals surface area contributed by atoms with Crippen molar-refractivity contribution < 1.29 is 9.13 Å². The second-order valence-corrected chi connectivity index (χ2v) is 4.65. The van der Waals surface area contributed by atoms with E-state index in [0.29, 0.717) is 12.3 Å². The maximum absolute atomic E-state index is 13.8. The monoisotopic (exact) mass is 309 g/mol. The summed E-state index contributed by atoms with van der Waals surface area (Å²) in [6.45, 7) is 0.553. The maximum Gasteiger partial charge on any atom is 0.167 e. The van der Waals surface area contributed by atoms with Crippen LogP contribution in [0, 0.1) is 5.82 Å². The van der Waals surface area contributed by atoms with Crippen molar-refractivity contribution in [1.29, 1.82) is 0 Å². The van der Waals surface area contributed by atoms with E-state index in [9.17, 15) is 4.39 Å². The second-order valence-electron chi connectivity index (χ2n) is 3.79. The molecule has 0 aliphatic heterocycles. The number of halogens is 2. The molecule has 0 unspecified atom stereocenters. The smallest absolute Gasteiger partial charge is 0.167 e. The highest BCUT2D eigenvalue weighted by atomic mass is 79.9. The SMILES string of the molecule is CNCc1cccc(F)c1Oc1ccccc1Br. The highest BCUT2D eigenvalue weighted by molar-refractivity contribution is 9.10. The molecule has 0 heterocycles. The van der Waals surface area contributed by atoms with E-state index in [1.807, 2.05) is 31.3 Å². The summed E-state index contributed by atoms with van der Waals surface area (Å²) in [6, 6.07) is 12.3. The van der Waals surface area contributed by atoms with Crippen molar-refractivity contribution in [3.05, 3.63) is 58.3 Å². The summed E-state index contributed by atoms with van der Waals surface area (Å²) in [5.41, 5.74) is 0.785. The summed E-state index contributed by atoms with van der Waals surface area (Å²) in [6.07, 6.45) is 0. The predicted molar refractivity (Wildman–Crippen MR) is 73.4 cm³/mol. The molecule has 0 fully saturated rings. The Kier molecular flexibility index (Phi) is 4.33. The van der Waals surface area contributed by atoms with E-state index in [2.05, 4.69) is 21.2 Å². The van der Waals surface area contributed by atoms with Crippen molar-refractivity contribution in [3.63, 3.8) is 0 Å². The number of hydrogen-bond acceptors (Lipinski definition) is 2. The molecule has 0 spiro atoms. The summed E-state index contributed by atoms with van der Waals surface area (Å²) < 4.78 is 20.3. The molecule has 0 saturated heterocycles. The van der Waals surface area contributed by atoms with Crippen LogP contribution < -0.4 is 10.1 Å². The molecule has 2 aromatic rings. The largest absolute Gasteiger partial charge is 0.453 e. The van der Waals surface area contributed by atoms with Gasteiger partial charge in [-0.2, -0.15) is 0 Å². The van der Waals surface area contributed by atoms with Crippen LogP contribution in [0.1, 0.15) is 5.56 Å². The van der Waals surface area contributed by atoms with Gasteiger partial charge in [-0.3, -0.25) is 0 Å². The van der Waals surface area contributed by atoms with Crippen molar-refractivity contribution in [1.82, 2.24) is 5.32 Å². The van der Waals surface area contributed by atoms with Crippen molar-refractivity contribution in [2.75, 3.05) is 7.05 Å². The Morgan fingerprint density at radius 1 is 1.17 bits per heavy atom. The van der Waals surface area contributed by atoms with Crippen LogP contribution in [-0.2, 0) is 6.54 Å². The fourth-order valence-electron chi connectivity index (χ4n) is 1.63. The summed E-state index contributed by atoms with van der Waals surface area (Å²) in [7, 11) is 1.81. The van der Waals surface area contributed by atoms with Crippen LogP contribution in [0.5, 0.6) is 11.5 Å². The van der Waals surface area contributed by atoms with Gasteiger partial charge >= 0.3 is 0 Å². The zero-order valence-corrected chi connectivity index (χ0v) is 11.5. The second kappa shape index (κ2) is 5.98. The van der Waals surface area contributed by atoms with Gasteiger partial charge in [0.1, 0.15) is 5.75 Å². The van der Waals surface area contributed by atoms with Gasteiger partial charge in [-0.15, -0.1) is 0 Å². The number of ether oxygens (including phenoxy) is 1. The zero-order valence-electron chi connectivity index (χ0n) is 9.91. The van der Waals surface area contributed by atoms with Gasteiger partial charge in [-0.1, -0.05) is 24.3 Å². The Hall–Kier alpha value is -1.39. The summed E-state index contributed by atoms with van der Waals surface area (Å²) >= 11 is 3.38. The Morgan fingerprint density at radius 2 is 1.94 bits per heavy atom. The van der Waals surface area contributed by atoms with Crippen LogP contribution in [0.15, 0.2) is 46.9 Å². The van der Waals surface area contributed by atoms with Gasteiger partial charge in [-0.25, -0.2) is 4.39 Å². The molecular formula is C14H13BrFNO. The van der Waals surface area contributed by atoms with E-state index in [1.165, 1.54) is 6.07 Å². The van der Waals surface area contributed by atoms with Gasteiger partial charge < -0.3 is 10.1 Å². The summed E-state index contributed by atoms with van der Waals surface area (Å²) in [4.78, 5) is 0. The lowest BCUT2D eigenvalue weighted by Crippen LogP contribution is -2.07. The molecule has 0 atom stereocenters. The Labute approximate surface area is 114 Å². The third kappa shape index (κ3) is 2.89. The molecule has 0 saturated carbocycles. The van der Waals surface area contributed by atoms with Gasteiger partial charge in [0.15, 0.2) is 11.6 Å². The van der Waals surface area contributed by atoms with Gasteiger partial charge in [0, 0.05) is 12.1 Å². The minimum absolute atomic E-state index is 0.263. The Bertz CT molecular complexity index is 545. The van der Waals surface area contributed by atoms with Crippen LogP contribution in [0.25, 0.3) is 0 Å². The zero-order chi connectivity index (χ0) is 13.0. The minimum Gasteiger partial charge on any atom is -0.453 e. The average molecular weight is 310 g/mol. The third-order valence-corrected chi connectivity index (χ3v) is 3.12. The van der Waals surface area contributed by atoms with Crippen LogP contribution in [0.3, 0.4) is 0 Å². The quantitative estimate of drug-likeness (QED) is 0.918. The lowest BCUT2D eigenvalue weighted by atomic mass is 10.2. The fraction of sp³-hybridized carbons (Fsp3) is 0.143. The van der Waals surface area contributed by atoms with Gasteiger partial charge in [0.2, 0.25) is 0 Å². The van der Waals surface area contributed by atoms with E-state index in [1.54, 1.807) is 12.1 Å². The van der Waals surface area contributed by atoms with E-state index in [4.69, 9.17) is 4.74 Å². The average Bonchev–Trinajstić information content (AvgIpc) is 2.36. The van der Waals surface area contributed by atoms with Gasteiger partial charge in [0.25, 0.3) is 0 Å². The standard InChI is InChI=1S/C14H13BrFNO/c1-17-9-10-5-4-7-12(16)14(10)18-13-8-3-2-6-11(13)15/h2-8,17H,9H2,1H3. The Balaban J connectivity index is 2.36. The maximum atomic E-state index is 13.8. The predicted octanol–water partition coefficient (Wildman–Crippen LogP) is 4.10. The minimum atomic E-state index is -0.362. The number of rotatable bonds is 4. The first-order chi connectivity index (χ1) is 8.72.